The Kier molecular flexibility index (Phi) is 3.73. The highest BCUT2D eigenvalue weighted by atomic mass is 19.4. The summed E-state index contributed by atoms with van der Waals surface area (Å²) >= 11 is 0. The number of rotatable bonds is 3. The Hall–Kier alpha value is -2.90. The number of nitrogens with one attached hydrogen (secondary N) is 1. The smallest absolute Gasteiger partial charge is 0.339 e. The summed E-state index contributed by atoms with van der Waals surface area (Å²) in [4.78, 5) is 17.6. The van der Waals surface area contributed by atoms with Crippen LogP contribution >= 0.6 is 0 Å². The summed E-state index contributed by atoms with van der Waals surface area (Å²) in [5, 5.41) is 3.75. The van der Waals surface area contributed by atoms with E-state index in [0.29, 0.717) is 11.1 Å². The Balaban J connectivity index is 1.82. The highest BCUT2D eigenvalue weighted by Crippen LogP contribution is 2.30. The van der Waals surface area contributed by atoms with E-state index in [1.807, 2.05) is 0 Å². The third-order valence-corrected chi connectivity index (χ3v) is 3.12. The van der Waals surface area contributed by atoms with E-state index < -0.39 is 11.7 Å². The van der Waals surface area contributed by atoms with E-state index >= 15 is 0 Å². The molecule has 0 saturated carbocycles. The maximum Gasteiger partial charge on any atom is 0.416 e. The molecule has 3 rings (SSSR count). The fraction of sp³-hybridized carbons (Fsp3) is 0.133. The summed E-state index contributed by atoms with van der Waals surface area (Å²) in [6, 6.07) is 7.78. The minimum Gasteiger partial charge on any atom is -0.339 e. The Labute approximate surface area is 127 Å². The van der Waals surface area contributed by atoms with Gasteiger partial charge < -0.3 is 9.51 Å². The third-order valence-electron chi connectivity index (χ3n) is 3.12. The van der Waals surface area contributed by atoms with Gasteiger partial charge in [0.1, 0.15) is 0 Å². The summed E-state index contributed by atoms with van der Waals surface area (Å²) in [7, 11) is 0. The number of benzene rings is 1. The maximum absolute atomic E-state index is 12.7. The molecule has 0 spiro atoms. The molecule has 0 saturated heterocycles. The number of hydrogen-bond acceptors (Lipinski definition) is 4. The van der Waals surface area contributed by atoms with Crippen LogP contribution in [0.1, 0.15) is 17.0 Å². The quantitative estimate of drug-likeness (QED) is 0.805. The summed E-state index contributed by atoms with van der Waals surface area (Å²) in [5.41, 5.74) is -0.0306. The zero-order chi connectivity index (χ0) is 16.4. The van der Waals surface area contributed by atoms with Gasteiger partial charge in [0, 0.05) is 17.8 Å². The van der Waals surface area contributed by atoms with Crippen molar-refractivity contribution >= 4 is 0 Å². The first-order valence-corrected chi connectivity index (χ1v) is 6.60. The second-order valence-corrected chi connectivity index (χ2v) is 4.83. The van der Waals surface area contributed by atoms with Gasteiger partial charge in [-0.15, -0.1) is 0 Å². The molecule has 0 aliphatic carbocycles. The minimum absolute atomic E-state index is 0.0836. The average Bonchev–Trinajstić information content (AvgIpc) is 2.96. The first kappa shape index (κ1) is 15.0. The van der Waals surface area contributed by atoms with Crippen molar-refractivity contribution in [1.29, 1.82) is 0 Å². The number of alkyl halides is 3. The first-order valence-electron chi connectivity index (χ1n) is 6.60. The number of H-pyrrole nitrogens is 1. The van der Waals surface area contributed by atoms with Crippen molar-refractivity contribution in [2.45, 2.75) is 12.6 Å². The van der Waals surface area contributed by atoms with E-state index in [1.165, 1.54) is 24.4 Å². The molecule has 5 nitrogen and oxygen atoms in total. The van der Waals surface area contributed by atoms with Crippen LogP contribution in [0.15, 0.2) is 51.9 Å². The summed E-state index contributed by atoms with van der Waals surface area (Å²) < 4.78 is 43.1. The number of aromatic amines is 1. The van der Waals surface area contributed by atoms with E-state index in [2.05, 4.69) is 15.1 Å². The predicted octanol–water partition coefficient (Wildman–Crippen LogP) is 3.03. The molecular weight excluding hydrogens is 311 g/mol. The van der Waals surface area contributed by atoms with Gasteiger partial charge in [-0.3, -0.25) is 4.79 Å². The van der Waals surface area contributed by atoms with Crippen molar-refractivity contribution in [3.05, 3.63) is 70.0 Å². The van der Waals surface area contributed by atoms with Crippen LogP contribution in [-0.2, 0) is 12.6 Å². The molecule has 3 aromatic rings. The fourth-order valence-corrected chi connectivity index (χ4v) is 2.03. The highest BCUT2D eigenvalue weighted by molar-refractivity contribution is 5.51. The minimum atomic E-state index is -4.40. The summed E-state index contributed by atoms with van der Waals surface area (Å²) in [5.74, 6) is 0.439. The van der Waals surface area contributed by atoms with E-state index in [0.717, 1.165) is 12.1 Å². The summed E-state index contributed by atoms with van der Waals surface area (Å²) in [6.07, 6.45) is -2.88. The van der Waals surface area contributed by atoms with Gasteiger partial charge in [-0.1, -0.05) is 23.4 Å². The van der Waals surface area contributed by atoms with Gasteiger partial charge in [0.05, 0.1) is 12.0 Å². The van der Waals surface area contributed by atoms with Crippen molar-refractivity contribution < 1.29 is 17.7 Å². The molecule has 1 N–H and O–H groups in total. The van der Waals surface area contributed by atoms with Crippen LogP contribution in [0.2, 0.25) is 0 Å². The molecule has 8 heteroatoms. The molecule has 118 valence electrons. The molecule has 2 heterocycles. The van der Waals surface area contributed by atoms with Crippen LogP contribution in [0.5, 0.6) is 0 Å². The molecule has 1 aromatic carbocycles. The highest BCUT2D eigenvalue weighted by Gasteiger charge is 2.30. The molecule has 0 fully saturated rings. The Morgan fingerprint density at radius 2 is 2.00 bits per heavy atom. The lowest BCUT2D eigenvalue weighted by molar-refractivity contribution is -0.137. The fourth-order valence-electron chi connectivity index (χ4n) is 2.03. The van der Waals surface area contributed by atoms with Crippen LogP contribution in [0.4, 0.5) is 13.2 Å². The van der Waals surface area contributed by atoms with Gasteiger partial charge >= 0.3 is 6.18 Å². The molecule has 0 bridgehead atoms. The van der Waals surface area contributed by atoms with E-state index in [4.69, 9.17) is 4.52 Å². The van der Waals surface area contributed by atoms with Crippen molar-refractivity contribution in [3.63, 3.8) is 0 Å². The van der Waals surface area contributed by atoms with Gasteiger partial charge in [-0.05, 0) is 17.7 Å². The van der Waals surface area contributed by atoms with Gasteiger partial charge in [-0.2, -0.15) is 18.2 Å². The van der Waals surface area contributed by atoms with Crippen molar-refractivity contribution in [2.24, 2.45) is 0 Å². The lowest BCUT2D eigenvalue weighted by Crippen LogP contribution is -2.05. The van der Waals surface area contributed by atoms with Crippen LogP contribution in [0.3, 0.4) is 0 Å². The summed E-state index contributed by atoms with van der Waals surface area (Å²) in [6.45, 7) is 0. The monoisotopic (exact) mass is 321 g/mol. The van der Waals surface area contributed by atoms with E-state index in [-0.39, 0.29) is 23.7 Å². The Bertz CT molecular complexity index is 863. The van der Waals surface area contributed by atoms with Crippen LogP contribution in [0.25, 0.3) is 11.4 Å². The van der Waals surface area contributed by atoms with E-state index in [1.54, 1.807) is 6.07 Å². The zero-order valence-electron chi connectivity index (χ0n) is 11.6. The number of nitrogens with zero attached hydrogens (tertiary/aromatic N) is 2. The van der Waals surface area contributed by atoms with Gasteiger partial charge in [0.25, 0.3) is 0 Å². The molecule has 0 aliphatic rings. The Morgan fingerprint density at radius 1 is 1.17 bits per heavy atom. The van der Waals surface area contributed by atoms with Gasteiger partial charge in [0.2, 0.25) is 17.3 Å². The number of pyridine rings is 1. The van der Waals surface area contributed by atoms with Crippen LogP contribution in [-0.4, -0.2) is 15.1 Å². The number of aromatic nitrogens is 3. The van der Waals surface area contributed by atoms with Gasteiger partial charge in [0.15, 0.2) is 0 Å². The van der Waals surface area contributed by atoms with Crippen molar-refractivity contribution in [2.75, 3.05) is 0 Å². The second-order valence-electron chi connectivity index (χ2n) is 4.83. The topological polar surface area (TPSA) is 71.8 Å². The molecule has 0 radical (unpaired) electrons. The molecule has 2 aromatic heterocycles. The van der Waals surface area contributed by atoms with E-state index in [9.17, 15) is 18.0 Å². The molecule has 0 aliphatic heterocycles. The SMILES string of the molecule is O=c1ccc(-c2noc(Cc3cccc(C(F)(F)F)c3)n2)c[nH]1. The predicted molar refractivity (Wildman–Crippen MR) is 74.6 cm³/mol. The van der Waals surface area contributed by atoms with Crippen LogP contribution in [0, 0.1) is 0 Å². The van der Waals surface area contributed by atoms with Crippen molar-refractivity contribution in [1.82, 2.24) is 15.1 Å². The third kappa shape index (κ3) is 3.47. The largest absolute Gasteiger partial charge is 0.416 e. The Morgan fingerprint density at radius 3 is 2.70 bits per heavy atom. The second kappa shape index (κ2) is 5.71. The maximum atomic E-state index is 12.7. The zero-order valence-corrected chi connectivity index (χ0v) is 11.6. The lowest BCUT2D eigenvalue weighted by atomic mass is 10.1. The standard InChI is InChI=1S/C15H10F3N3O2/c16-15(17,18)11-3-1-2-9(6-11)7-13-20-14(21-23-13)10-4-5-12(22)19-8-10/h1-6,8H,7H2,(H,19,22). The number of hydrogen-bond donors (Lipinski definition) is 1. The lowest BCUT2D eigenvalue weighted by Gasteiger charge is -2.07. The first-order chi connectivity index (χ1) is 10.9. The number of halogens is 3. The normalized spacial score (nSPS) is 11.6. The molecule has 0 unspecified atom stereocenters. The van der Waals surface area contributed by atoms with Gasteiger partial charge in [-0.25, -0.2) is 0 Å². The molecule has 23 heavy (non-hydrogen) atoms. The van der Waals surface area contributed by atoms with Crippen LogP contribution < -0.4 is 5.56 Å². The molecular formula is C15H10F3N3O2. The van der Waals surface area contributed by atoms with Crippen molar-refractivity contribution in [3.8, 4) is 11.4 Å². The molecule has 0 atom stereocenters. The molecule has 0 amide bonds. The average molecular weight is 321 g/mol.